The third-order valence-corrected chi connectivity index (χ3v) is 3.82. The van der Waals surface area contributed by atoms with Crippen LogP contribution in [0.3, 0.4) is 0 Å². The van der Waals surface area contributed by atoms with Crippen LogP contribution in [0.25, 0.3) is 11.0 Å². The van der Waals surface area contributed by atoms with Crippen LogP contribution in [-0.4, -0.2) is 16.7 Å². The molecule has 2 aromatic carbocycles. The summed E-state index contributed by atoms with van der Waals surface area (Å²) < 4.78 is 5.89. The fourth-order valence-corrected chi connectivity index (χ4v) is 2.56. The molecule has 0 spiro atoms. The van der Waals surface area contributed by atoms with Gasteiger partial charge in [0.2, 0.25) is 0 Å². The summed E-state index contributed by atoms with van der Waals surface area (Å²) in [6.45, 7) is 0. The summed E-state index contributed by atoms with van der Waals surface area (Å²) in [6.07, 6.45) is 3.02. The summed E-state index contributed by atoms with van der Waals surface area (Å²) in [7, 11) is 0. The Kier molecular flexibility index (Phi) is 4.26. The highest BCUT2D eigenvalue weighted by atomic mass is 16.7. The molecule has 0 bridgehead atoms. The minimum absolute atomic E-state index is 0.327. The molecule has 0 fully saturated rings. The molecule has 0 atom stereocenters. The van der Waals surface area contributed by atoms with Crippen LogP contribution in [0.1, 0.15) is 21.7 Å². The van der Waals surface area contributed by atoms with Crippen molar-refractivity contribution in [3.63, 3.8) is 0 Å². The molecular weight excluding hydrogens is 328 g/mol. The second kappa shape index (κ2) is 7.03. The van der Waals surface area contributed by atoms with E-state index in [-0.39, 0.29) is 0 Å². The normalized spacial score (nSPS) is 11.5. The first-order chi connectivity index (χ1) is 12.8. The number of carbonyl (C=O) groups is 1. The quantitative estimate of drug-likeness (QED) is 0.312. The van der Waals surface area contributed by atoms with E-state index in [9.17, 15) is 4.79 Å². The highest BCUT2D eigenvalue weighted by Crippen LogP contribution is 2.22. The Balaban J connectivity index is 1.72. The highest BCUT2D eigenvalue weighted by Gasteiger charge is 2.15. The number of rotatable bonds is 4. The number of nitrogens with zero attached hydrogens (tertiary/aromatic N) is 2. The van der Waals surface area contributed by atoms with Gasteiger partial charge in [0, 0.05) is 23.3 Å². The Morgan fingerprint density at radius 3 is 2.46 bits per heavy atom. The molecule has 2 aromatic heterocycles. The Labute approximate surface area is 149 Å². The van der Waals surface area contributed by atoms with Crippen molar-refractivity contribution in [1.29, 1.82) is 0 Å². The number of fused-ring (bicyclic) bond motifs is 1. The van der Waals surface area contributed by atoms with Crippen LogP contribution in [0.5, 0.6) is 0 Å². The lowest BCUT2D eigenvalue weighted by molar-refractivity contribution is 0.0516. The fourth-order valence-electron chi connectivity index (χ4n) is 2.56. The van der Waals surface area contributed by atoms with E-state index in [1.807, 2.05) is 60.7 Å². The SMILES string of the molecule is O=C(O/N=C(/c1ccccc1)c1cc2ccccc2o1)c1cccnc1. The van der Waals surface area contributed by atoms with Crippen molar-refractivity contribution >= 4 is 22.7 Å². The molecule has 0 amide bonds. The molecule has 4 aromatic rings. The molecule has 0 radical (unpaired) electrons. The first-order valence-electron chi connectivity index (χ1n) is 8.05. The van der Waals surface area contributed by atoms with E-state index in [2.05, 4.69) is 10.1 Å². The number of aromatic nitrogens is 1. The van der Waals surface area contributed by atoms with Gasteiger partial charge in [0.1, 0.15) is 5.58 Å². The van der Waals surface area contributed by atoms with Gasteiger partial charge in [0.15, 0.2) is 11.5 Å². The van der Waals surface area contributed by atoms with Gasteiger partial charge in [-0.3, -0.25) is 4.98 Å². The van der Waals surface area contributed by atoms with Gasteiger partial charge >= 0.3 is 5.97 Å². The molecule has 4 rings (SSSR count). The second-order valence-corrected chi connectivity index (χ2v) is 5.57. The Morgan fingerprint density at radius 2 is 1.69 bits per heavy atom. The number of furan rings is 1. The zero-order chi connectivity index (χ0) is 17.8. The lowest BCUT2D eigenvalue weighted by Gasteiger charge is -2.03. The number of benzene rings is 2. The first-order valence-corrected chi connectivity index (χ1v) is 8.05. The van der Waals surface area contributed by atoms with Crippen molar-refractivity contribution in [3.8, 4) is 0 Å². The van der Waals surface area contributed by atoms with Gasteiger partial charge in [-0.1, -0.05) is 53.7 Å². The smallest absolute Gasteiger partial charge is 0.367 e. The Morgan fingerprint density at radius 1 is 0.923 bits per heavy atom. The van der Waals surface area contributed by atoms with Gasteiger partial charge < -0.3 is 9.25 Å². The minimum atomic E-state index is -0.581. The van der Waals surface area contributed by atoms with E-state index in [0.717, 1.165) is 16.5 Å². The van der Waals surface area contributed by atoms with Crippen LogP contribution in [0.4, 0.5) is 0 Å². The molecule has 0 saturated heterocycles. The Bertz CT molecular complexity index is 1040. The lowest BCUT2D eigenvalue weighted by Crippen LogP contribution is -2.07. The maximum atomic E-state index is 12.2. The van der Waals surface area contributed by atoms with E-state index >= 15 is 0 Å². The number of oxime groups is 1. The maximum Gasteiger partial charge on any atom is 0.367 e. The number of carbonyl (C=O) groups excluding carboxylic acids is 1. The molecule has 26 heavy (non-hydrogen) atoms. The molecule has 5 heteroatoms. The standard InChI is InChI=1S/C21H14N2O3/c24-21(17-10-6-12-22-14-17)26-23-20(15-7-2-1-3-8-15)19-13-16-9-4-5-11-18(16)25-19/h1-14H/b23-20-. The summed E-state index contributed by atoms with van der Waals surface area (Å²) in [5.41, 5.74) is 2.29. The van der Waals surface area contributed by atoms with Crippen molar-refractivity contribution in [2.75, 3.05) is 0 Å². The van der Waals surface area contributed by atoms with Gasteiger partial charge in [-0.15, -0.1) is 0 Å². The zero-order valence-corrected chi connectivity index (χ0v) is 13.7. The summed E-state index contributed by atoms with van der Waals surface area (Å²) in [5.74, 6) is -0.0565. The van der Waals surface area contributed by atoms with E-state index in [0.29, 0.717) is 17.0 Å². The summed E-state index contributed by atoms with van der Waals surface area (Å²) >= 11 is 0. The van der Waals surface area contributed by atoms with Crippen molar-refractivity contribution in [3.05, 3.63) is 102 Å². The molecule has 126 valence electrons. The van der Waals surface area contributed by atoms with Crippen LogP contribution >= 0.6 is 0 Å². The highest BCUT2D eigenvalue weighted by molar-refractivity contribution is 6.12. The number of hydrogen-bond donors (Lipinski definition) is 0. The lowest BCUT2D eigenvalue weighted by atomic mass is 10.1. The number of pyridine rings is 1. The maximum absolute atomic E-state index is 12.2. The van der Waals surface area contributed by atoms with E-state index < -0.39 is 5.97 Å². The van der Waals surface area contributed by atoms with Crippen molar-refractivity contribution in [2.24, 2.45) is 5.16 Å². The van der Waals surface area contributed by atoms with E-state index in [1.165, 1.54) is 6.20 Å². The molecule has 0 aliphatic rings. The Hall–Kier alpha value is -3.73. The predicted octanol–water partition coefficient (Wildman–Crippen LogP) is 4.44. The average Bonchev–Trinajstić information content (AvgIpc) is 3.13. The topological polar surface area (TPSA) is 64.7 Å². The monoisotopic (exact) mass is 342 g/mol. The summed E-state index contributed by atoms with van der Waals surface area (Å²) in [5, 5.41) is 5.03. The molecule has 0 aliphatic carbocycles. The number of para-hydroxylation sites is 1. The predicted molar refractivity (Wildman–Crippen MR) is 97.9 cm³/mol. The molecule has 0 N–H and O–H groups in total. The van der Waals surface area contributed by atoms with Gasteiger partial charge in [-0.2, -0.15) is 0 Å². The van der Waals surface area contributed by atoms with Crippen LogP contribution < -0.4 is 0 Å². The van der Waals surface area contributed by atoms with Crippen LogP contribution in [-0.2, 0) is 4.84 Å². The summed E-state index contributed by atoms with van der Waals surface area (Å²) in [4.78, 5) is 21.2. The van der Waals surface area contributed by atoms with Gasteiger partial charge in [-0.25, -0.2) is 4.79 Å². The molecular formula is C21H14N2O3. The van der Waals surface area contributed by atoms with Gasteiger partial charge in [-0.05, 0) is 24.3 Å². The van der Waals surface area contributed by atoms with Crippen molar-refractivity contribution < 1.29 is 14.0 Å². The largest absolute Gasteiger partial charge is 0.454 e. The molecule has 0 aliphatic heterocycles. The van der Waals surface area contributed by atoms with Gasteiger partial charge in [0.25, 0.3) is 0 Å². The second-order valence-electron chi connectivity index (χ2n) is 5.57. The minimum Gasteiger partial charge on any atom is -0.454 e. The average molecular weight is 342 g/mol. The van der Waals surface area contributed by atoms with Crippen molar-refractivity contribution in [2.45, 2.75) is 0 Å². The first kappa shape index (κ1) is 15.8. The van der Waals surface area contributed by atoms with Crippen LogP contribution in [0, 0.1) is 0 Å². The fraction of sp³-hybridized carbons (Fsp3) is 0. The zero-order valence-electron chi connectivity index (χ0n) is 13.7. The number of hydrogen-bond acceptors (Lipinski definition) is 5. The third kappa shape index (κ3) is 3.23. The van der Waals surface area contributed by atoms with E-state index in [1.54, 1.807) is 18.3 Å². The molecule has 0 unspecified atom stereocenters. The molecule has 5 nitrogen and oxygen atoms in total. The van der Waals surface area contributed by atoms with Crippen LogP contribution in [0.2, 0.25) is 0 Å². The van der Waals surface area contributed by atoms with Crippen molar-refractivity contribution in [1.82, 2.24) is 4.98 Å². The third-order valence-electron chi connectivity index (χ3n) is 3.82. The van der Waals surface area contributed by atoms with E-state index in [4.69, 9.17) is 9.25 Å². The van der Waals surface area contributed by atoms with Gasteiger partial charge in [0.05, 0.1) is 5.56 Å². The molecule has 2 heterocycles. The summed E-state index contributed by atoms with van der Waals surface area (Å²) in [6, 6.07) is 22.3. The van der Waals surface area contributed by atoms with Crippen LogP contribution in [0.15, 0.2) is 94.8 Å². The molecule has 0 saturated carbocycles.